The van der Waals surface area contributed by atoms with E-state index in [-0.39, 0.29) is 11.7 Å². The zero-order valence-electron chi connectivity index (χ0n) is 12.5. The zero-order valence-corrected chi connectivity index (χ0v) is 12.5. The van der Waals surface area contributed by atoms with E-state index >= 15 is 0 Å². The van der Waals surface area contributed by atoms with E-state index in [2.05, 4.69) is 18.3 Å². The van der Waals surface area contributed by atoms with Crippen molar-refractivity contribution in [2.45, 2.75) is 33.6 Å². The molecule has 0 spiro atoms. The third kappa shape index (κ3) is 3.70. The van der Waals surface area contributed by atoms with Gasteiger partial charge in [-0.3, -0.25) is 4.79 Å². The number of carbonyl (C=O) groups excluding carboxylic acids is 1. The zero-order chi connectivity index (χ0) is 14.5. The first-order valence-corrected chi connectivity index (χ1v) is 7.35. The van der Waals surface area contributed by atoms with E-state index in [9.17, 15) is 4.79 Å². The predicted molar refractivity (Wildman–Crippen MR) is 82.0 cm³/mol. The summed E-state index contributed by atoms with van der Waals surface area (Å²) in [7, 11) is 0. The van der Waals surface area contributed by atoms with E-state index in [0.717, 1.165) is 41.8 Å². The molecule has 1 N–H and O–H groups in total. The van der Waals surface area contributed by atoms with Crippen LogP contribution in [0.2, 0.25) is 0 Å². The number of furan rings is 1. The predicted octanol–water partition coefficient (Wildman–Crippen LogP) is 3.35. The van der Waals surface area contributed by atoms with E-state index in [0.29, 0.717) is 6.42 Å². The molecule has 0 aliphatic heterocycles. The molecule has 3 nitrogen and oxygen atoms in total. The number of hydrogen-bond acceptors (Lipinski definition) is 3. The first kappa shape index (κ1) is 14.8. The fourth-order valence-electron chi connectivity index (χ4n) is 2.16. The molecule has 2 aromatic rings. The number of benzene rings is 1. The van der Waals surface area contributed by atoms with Crippen molar-refractivity contribution < 1.29 is 9.21 Å². The molecule has 0 atom stereocenters. The van der Waals surface area contributed by atoms with Crippen LogP contribution >= 0.6 is 0 Å². The van der Waals surface area contributed by atoms with Crippen LogP contribution in [0.3, 0.4) is 0 Å². The summed E-state index contributed by atoms with van der Waals surface area (Å²) in [6, 6.07) is 8.14. The molecule has 0 saturated heterocycles. The minimum absolute atomic E-state index is 0.0815. The van der Waals surface area contributed by atoms with Gasteiger partial charge in [0.15, 0.2) is 0 Å². The summed E-state index contributed by atoms with van der Waals surface area (Å²) in [6.45, 7) is 7.87. The molecular weight excluding hydrogens is 250 g/mol. The molecule has 0 saturated carbocycles. The molecule has 1 heterocycles. The molecule has 0 aliphatic carbocycles. The van der Waals surface area contributed by atoms with Gasteiger partial charge in [-0.05, 0) is 24.2 Å². The Morgan fingerprint density at radius 2 is 2.10 bits per heavy atom. The van der Waals surface area contributed by atoms with Gasteiger partial charge in [-0.1, -0.05) is 32.9 Å². The van der Waals surface area contributed by atoms with E-state index in [1.165, 1.54) is 0 Å². The lowest BCUT2D eigenvalue weighted by Crippen LogP contribution is -2.15. The lowest BCUT2D eigenvalue weighted by Gasteiger charge is -2.03. The highest BCUT2D eigenvalue weighted by molar-refractivity contribution is 5.85. The Morgan fingerprint density at radius 1 is 1.30 bits per heavy atom. The Morgan fingerprint density at radius 3 is 2.80 bits per heavy atom. The molecule has 0 aliphatic rings. The van der Waals surface area contributed by atoms with Crippen LogP contribution < -0.4 is 5.32 Å². The summed E-state index contributed by atoms with van der Waals surface area (Å²) >= 11 is 0. The normalized spacial score (nSPS) is 11.4. The molecule has 1 aromatic carbocycles. The molecule has 1 aromatic heterocycles. The number of hydrogen-bond donors (Lipinski definition) is 1. The monoisotopic (exact) mass is 273 g/mol. The van der Waals surface area contributed by atoms with E-state index in [1.807, 2.05) is 32.0 Å². The van der Waals surface area contributed by atoms with Crippen molar-refractivity contribution in [1.29, 1.82) is 0 Å². The topological polar surface area (TPSA) is 42.2 Å². The Bertz CT molecular complexity index is 584. The van der Waals surface area contributed by atoms with Gasteiger partial charge in [-0.15, -0.1) is 0 Å². The summed E-state index contributed by atoms with van der Waals surface area (Å²) in [5.41, 5.74) is 1.91. The number of fused-ring (bicyclic) bond motifs is 1. The number of Topliss-reactive ketones (excluding diaryl/α,β-unsaturated/α-hetero) is 1. The maximum absolute atomic E-state index is 11.8. The SMILES string of the molecule is CCNCCc1cc2ccc(CC(=O)C(C)C)cc2o1. The third-order valence-electron chi connectivity index (χ3n) is 3.46. The average molecular weight is 273 g/mol. The molecule has 108 valence electrons. The van der Waals surface area contributed by atoms with Crippen molar-refractivity contribution in [2.24, 2.45) is 5.92 Å². The van der Waals surface area contributed by atoms with Crippen LogP contribution in [0.5, 0.6) is 0 Å². The molecule has 20 heavy (non-hydrogen) atoms. The van der Waals surface area contributed by atoms with Crippen molar-refractivity contribution in [3.63, 3.8) is 0 Å². The smallest absolute Gasteiger partial charge is 0.139 e. The summed E-state index contributed by atoms with van der Waals surface area (Å²) in [4.78, 5) is 11.8. The van der Waals surface area contributed by atoms with Crippen molar-refractivity contribution in [2.75, 3.05) is 13.1 Å². The van der Waals surface area contributed by atoms with Crippen LogP contribution in [-0.4, -0.2) is 18.9 Å². The number of ketones is 1. The van der Waals surface area contributed by atoms with E-state index in [4.69, 9.17) is 4.42 Å². The number of likely N-dealkylation sites (N-methyl/N-ethyl adjacent to an activating group) is 1. The van der Waals surface area contributed by atoms with Crippen LogP contribution in [0, 0.1) is 5.92 Å². The molecule has 0 bridgehead atoms. The second-order valence-corrected chi connectivity index (χ2v) is 5.49. The molecule has 0 radical (unpaired) electrons. The van der Waals surface area contributed by atoms with Gasteiger partial charge >= 0.3 is 0 Å². The summed E-state index contributed by atoms with van der Waals surface area (Å²) in [5, 5.41) is 4.39. The Labute approximate surface area is 120 Å². The highest BCUT2D eigenvalue weighted by Crippen LogP contribution is 2.21. The number of rotatable bonds is 7. The minimum atomic E-state index is 0.0815. The molecule has 0 amide bonds. The van der Waals surface area contributed by atoms with Gasteiger partial charge in [0, 0.05) is 30.7 Å². The van der Waals surface area contributed by atoms with Crippen LogP contribution in [0.25, 0.3) is 11.0 Å². The number of carbonyl (C=O) groups is 1. The van der Waals surface area contributed by atoms with Gasteiger partial charge in [-0.25, -0.2) is 0 Å². The van der Waals surface area contributed by atoms with Gasteiger partial charge < -0.3 is 9.73 Å². The van der Waals surface area contributed by atoms with E-state index in [1.54, 1.807) is 0 Å². The lowest BCUT2D eigenvalue weighted by atomic mass is 10.0. The molecular formula is C17H23NO2. The van der Waals surface area contributed by atoms with Crippen LogP contribution in [0.4, 0.5) is 0 Å². The van der Waals surface area contributed by atoms with Gasteiger partial charge in [-0.2, -0.15) is 0 Å². The first-order valence-electron chi connectivity index (χ1n) is 7.35. The van der Waals surface area contributed by atoms with Crippen LogP contribution in [-0.2, 0) is 17.6 Å². The third-order valence-corrected chi connectivity index (χ3v) is 3.46. The van der Waals surface area contributed by atoms with Crippen LogP contribution in [0.1, 0.15) is 32.1 Å². The standard InChI is InChI=1S/C17H23NO2/c1-4-18-8-7-15-11-14-6-5-13(10-17(14)20-15)9-16(19)12(2)3/h5-6,10-12,18H,4,7-9H2,1-3H3. The van der Waals surface area contributed by atoms with Gasteiger partial charge in [0.05, 0.1) is 0 Å². The first-order chi connectivity index (χ1) is 9.60. The fraction of sp³-hybridized carbons (Fsp3) is 0.471. The lowest BCUT2D eigenvalue weighted by molar-refractivity contribution is -0.121. The Balaban J connectivity index is 2.11. The highest BCUT2D eigenvalue weighted by Gasteiger charge is 2.10. The molecule has 0 fully saturated rings. The van der Waals surface area contributed by atoms with Crippen molar-refractivity contribution in [3.05, 3.63) is 35.6 Å². The quantitative estimate of drug-likeness (QED) is 0.787. The van der Waals surface area contributed by atoms with Gasteiger partial charge in [0.1, 0.15) is 17.1 Å². The second kappa shape index (κ2) is 6.71. The minimum Gasteiger partial charge on any atom is -0.461 e. The Hall–Kier alpha value is -1.61. The fourth-order valence-corrected chi connectivity index (χ4v) is 2.16. The molecule has 2 rings (SSSR count). The van der Waals surface area contributed by atoms with Gasteiger partial charge in [0.2, 0.25) is 0 Å². The Kier molecular flexibility index (Phi) is 4.96. The molecule has 3 heteroatoms. The average Bonchev–Trinajstić information content (AvgIpc) is 2.80. The summed E-state index contributed by atoms with van der Waals surface area (Å²) in [5.74, 6) is 1.34. The maximum Gasteiger partial charge on any atom is 0.139 e. The van der Waals surface area contributed by atoms with Crippen LogP contribution in [0.15, 0.2) is 28.7 Å². The maximum atomic E-state index is 11.8. The molecule has 0 unspecified atom stereocenters. The largest absolute Gasteiger partial charge is 0.461 e. The van der Waals surface area contributed by atoms with E-state index < -0.39 is 0 Å². The summed E-state index contributed by atoms with van der Waals surface area (Å²) < 4.78 is 5.85. The second-order valence-electron chi connectivity index (χ2n) is 5.49. The van der Waals surface area contributed by atoms with Crippen molar-refractivity contribution in [3.8, 4) is 0 Å². The van der Waals surface area contributed by atoms with Crippen molar-refractivity contribution in [1.82, 2.24) is 5.32 Å². The highest BCUT2D eigenvalue weighted by atomic mass is 16.3. The summed E-state index contributed by atoms with van der Waals surface area (Å²) in [6.07, 6.45) is 1.38. The van der Waals surface area contributed by atoms with Crippen molar-refractivity contribution >= 4 is 16.8 Å². The van der Waals surface area contributed by atoms with Gasteiger partial charge in [0.25, 0.3) is 0 Å². The number of nitrogens with one attached hydrogen (secondary N) is 1.